The van der Waals surface area contributed by atoms with Gasteiger partial charge in [-0.15, -0.1) is 0 Å². The molecule has 0 unspecified atom stereocenters. The van der Waals surface area contributed by atoms with Crippen molar-refractivity contribution in [2.75, 3.05) is 5.32 Å². The molecule has 6 nitrogen and oxygen atoms in total. The Balaban J connectivity index is 1.57. The zero-order chi connectivity index (χ0) is 19.9. The number of carbonyl (C=O) groups excluding carboxylic acids is 2. The molecule has 2 amide bonds. The van der Waals surface area contributed by atoms with Crippen molar-refractivity contribution in [1.82, 2.24) is 5.43 Å². The number of amides is 2. The van der Waals surface area contributed by atoms with Crippen molar-refractivity contribution in [3.63, 3.8) is 0 Å². The molecule has 28 heavy (non-hydrogen) atoms. The Bertz CT molecular complexity index is 1010. The molecule has 0 aliphatic carbocycles. The topological polar surface area (TPSA) is 83.7 Å². The number of anilines is 1. The quantitative estimate of drug-likeness (QED) is 0.478. The maximum absolute atomic E-state index is 12.2. The molecule has 0 aliphatic heterocycles. The number of aryl methyl sites for hydroxylation is 1. The van der Waals surface area contributed by atoms with Crippen LogP contribution in [0.2, 0.25) is 0 Å². The number of hydrogen-bond donors (Lipinski definition) is 2. The highest BCUT2D eigenvalue weighted by atomic mass is 32.2. The molecule has 1 heterocycles. The SMILES string of the molecule is CC(=O)Nc1cccc(C(=O)N/N=C\c2ccc(Sc3ccc(C)cc3)o2)c1. The second-order valence-corrected chi connectivity index (χ2v) is 7.11. The molecular formula is C21H19N3O3S. The average Bonchev–Trinajstić information content (AvgIpc) is 3.10. The van der Waals surface area contributed by atoms with Crippen molar-refractivity contribution in [2.45, 2.75) is 23.8 Å². The van der Waals surface area contributed by atoms with Crippen molar-refractivity contribution in [3.05, 3.63) is 77.6 Å². The van der Waals surface area contributed by atoms with Crippen LogP contribution in [0.25, 0.3) is 0 Å². The van der Waals surface area contributed by atoms with Gasteiger partial charge in [0.1, 0.15) is 5.76 Å². The Labute approximate surface area is 167 Å². The van der Waals surface area contributed by atoms with Gasteiger partial charge in [0.15, 0.2) is 5.09 Å². The molecule has 0 radical (unpaired) electrons. The highest BCUT2D eigenvalue weighted by molar-refractivity contribution is 7.99. The number of nitrogens with zero attached hydrogens (tertiary/aromatic N) is 1. The van der Waals surface area contributed by atoms with E-state index in [0.29, 0.717) is 17.0 Å². The molecule has 2 N–H and O–H groups in total. The highest BCUT2D eigenvalue weighted by Gasteiger charge is 2.06. The summed E-state index contributed by atoms with van der Waals surface area (Å²) in [6, 6.07) is 18.4. The van der Waals surface area contributed by atoms with E-state index >= 15 is 0 Å². The number of rotatable bonds is 6. The molecule has 3 rings (SSSR count). The number of hydrazone groups is 1. The van der Waals surface area contributed by atoms with Crippen LogP contribution < -0.4 is 10.7 Å². The van der Waals surface area contributed by atoms with Gasteiger partial charge in [-0.1, -0.05) is 35.5 Å². The first-order valence-corrected chi connectivity index (χ1v) is 9.37. The van der Waals surface area contributed by atoms with Crippen LogP contribution in [-0.2, 0) is 4.79 Å². The Kier molecular flexibility index (Phi) is 6.29. The van der Waals surface area contributed by atoms with E-state index in [1.165, 1.54) is 30.5 Å². The van der Waals surface area contributed by atoms with Crippen molar-refractivity contribution in [3.8, 4) is 0 Å². The van der Waals surface area contributed by atoms with E-state index < -0.39 is 0 Å². The summed E-state index contributed by atoms with van der Waals surface area (Å²) >= 11 is 1.51. The molecule has 0 saturated carbocycles. The Morgan fingerprint density at radius 2 is 1.86 bits per heavy atom. The maximum Gasteiger partial charge on any atom is 0.271 e. The first kappa shape index (κ1) is 19.4. The monoisotopic (exact) mass is 393 g/mol. The van der Waals surface area contributed by atoms with Crippen LogP contribution >= 0.6 is 11.8 Å². The second kappa shape index (κ2) is 9.05. The van der Waals surface area contributed by atoms with Crippen LogP contribution in [0.5, 0.6) is 0 Å². The van der Waals surface area contributed by atoms with Crippen LogP contribution in [-0.4, -0.2) is 18.0 Å². The van der Waals surface area contributed by atoms with Gasteiger partial charge in [0.05, 0.1) is 6.21 Å². The predicted octanol–water partition coefficient (Wildman–Crippen LogP) is 4.46. The van der Waals surface area contributed by atoms with Crippen LogP contribution in [0.3, 0.4) is 0 Å². The summed E-state index contributed by atoms with van der Waals surface area (Å²) in [5, 5.41) is 7.29. The average molecular weight is 393 g/mol. The Morgan fingerprint density at radius 1 is 1.07 bits per heavy atom. The Morgan fingerprint density at radius 3 is 2.61 bits per heavy atom. The summed E-state index contributed by atoms with van der Waals surface area (Å²) in [6.45, 7) is 3.45. The van der Waals surface area contributed by atoms with E-state index in [2.05, 4.69) is 15.8 Å². The minimum atomic E-state index is -0.385. The molecule has 0 spiro atoms. The molecule has 0 fully saturated rings. The van der Waals surface area contributed by atoms with Crippen LogP contribution in [0.1, 0.15) is 28.6 Å². The van der Waals surface area contributed by atoms with E-state index in [1.807, 2.05) is 37.3 Å². The fourth-order valence-corrected chi connectivity index (χ4v) is 3.12. The van der Waals surface area contributed by atoms with Gasteiger partial charge in [0.25, 0.3) is 5.91 Å². The molecule has 0 aliphatic rings. The van der Waals surface area contributed by atoms with Gasteiger partial charge < -0.3 is 9.73 Å². The largest absolute Gasteiger partial charge is 0.448 e. The molecule has 2 aromatic carbocycles. The molecule has 0 atom stereocenters. The minimum absolute atomic E-state index is 0.201. The van der Waals surface area contributed by atoms with Gasteiger partial charge in [-0.05, 0) is 49.4 Å². The van der Waals surface area contributed by atoms with E-state index in [-0.39, 0.29) is 11.8 Å². The van der Waals surface area contributed by atoms with Gasteiger partial charge in [-0.2, -0.15) is 5.10 Å². The number of carbonyl (C=O) groups is 2. The van der Waals surface area contributed by atoms with Crippen molar-refractivity contribution in [2.24, 2.45) is 5.10 Å². The van der Waals surface area contributed by atoms with Gasteiger partial charge in [-0.25, -0.2) is 5.43 Å². The van der Waals surface area contributed by atoms with Crippen LogP contribution in [0, 0.1) is 6.92 Å². The zero-order valence-corrected chi connectivity index (χ0v) is 16.2. The normalized spacial score (nSPS) is 10.8. The minimum Gasteiger partial charge on any atom is -0.448 e. The lowest BCUT2D eigenvalue weighted by Crippen LogP contribution is -2.18. The number of furan rings is 1. The molecule has 7 heteroatoms. The zero-order valence-electron chi connectivity index (χ0n) is 15.4. The third kappa shape index (κ3) is 5.59. The lowest BCUT2D eigenvalue weighted by atomic mass is 10.2. The van der Waals surface area contributed by atoms with Gasteiger partial charge in [0, 0.05) is 23.1 Å². The Hall–Kier alpha value is -3.32. The van der Waals surface area contributed by atoms with E-state index in [1.54, 1.807) is 30.3 Å². The van der Waals surface area contributed by atoms with Crippen LogP contribution in [0.4, 0.5) is 5.69 Å². The van der Waals surface area contributed by atoms with E-state index in [4.69, 9.17) is 4.42 Å². The summed E-state index contributed by atoms with van der Waals surface area (Å²) in [6.07, 6.45) is 1.44. The summed E-state index contributed by atoms with van der Waals surface area (Å²) in [7, 11) is 0. The summed E-state index contributed by atoms with van der Waals surface area (Å²) in [4.78, 5) is 24.4. The summed E-state index contributed by atoms with van der Waals surface area (Å²) in [5.41, 5.74) is 4.58. The number of hydrogen-bond acceptors (Lipinski definition) is 5. The first-order valence-electron chi connectivity index (χ1n) is 8.55. The molecule has 142 valence electrons. The third-order valence-electron chi connectivity index (χ3n) is 3.64. The van der Waals surface area contributed by atoms with E-state index in [0.717, 1.165) is 9.99 Å². The van der Waals surface area contributed by atoms with Crippen LogP contribution in [0.15, 0.2) is 80.2 Å². The first-order chi connectivity index (χ1) is 13.5. The summed E-state index contributed by atoms with van der Waals surface area (Å²) in [5.74, 6) is -0.0566. The molecule has 0 bridgehead atoms. The summed E-state index contributed by atoms with van der Waals surface area (Å²) < 4.78 is 5.68. The van der Waals surface area contributed by atoms with Crippen molar-refractivity contribution >= 4 is 35.5 Å². The predicted molar refractivity (Wildman–Crippen MR) is 110 cm³/mol. The molecular weight excluding hydrogens is 374 g/mol. The molecule has 0 saturated heterocycles. The number of benzene rings is 2. The van der Waals surface area contributed by atoms with Crippen molar-refractivity contribution < 1.29 is 14.0 Å². The maximum atomic E-state index is 12.2. The van der Waals surface area contributed by atoms with Gasteiger partial charge >= 0.3 is 0 Å². The third-order valence-corrected chi connectivity index (χ3v) is 4.57. The fourth-order valence-electron chi connectivity index (χ4n) is 2.34. The van der Waals surface area contributed by atoms with Crippen molar-refractivity contribution in [1.29, 1.82) is 0 Å². The second-order valence-electron chi connectivity index (χ2n) is 6.03. The lowest BCUT2D eigenvalue weighted by Gasteiger charge is -2.04. The van der Waals surface area contributed by atoms with Gasteiger partial charge in [0.2, 0.25) is 5.91 Å². The van der Waals surface area contributed by atoms with Gasteiger partial charge in [-0.3, -0.25) is 9.59 Å². The highest BCUT2D eigenvalue weighted by Crippen LogP contribution is 2.28. The number of nitrogens with one attached hydrogen (secondary N) is 2. The standard InChI is InChI=1S/C21H19N3O3S/c1-14-6-9-19(10-7-14)28-20-11-8-18(27-20)13-22-24-21(26)16-4-3-5-17(12-16)23-15(2)25/h3-13H,1-2H3,(H,23,25)(H,24,26)/b22-13-. The molecule has 3 aromatic rings. The smallest absolute Gasteiger partial charge is 0.271 e. The fraction of sp³-hybridized carbons (Fsp3) is 0.0952. The molecule has 1 aromatic heterocycles. The lowest BCUT2D eigenvalue weighted by molar-refractivity contribution is -0.114. The van der Waals surface area contributed by atoms with E-state index in [9.17, 15) is 9.59 Å².